The van der Waals surface area contributed by atoms with Gasteiger partial charge in [0, 0.05) is 13.1 Å². The molecule has 0 spiro atoms. The highest BCUT2D eigenvalue weighted by molar-refractivity contribution is 7.27. The number of hydrogen-bond acceptors (Lipinski definition) is 5. The highest BCUT2D eigenvalue weighted by Gasteiger charge is 2.47. The third kappa shape index (κ3) is 2.77. The van der Waals surface area contributed by atoms with Crippen molar-refractivity contribution in [3.63, 3.8) is 0 Å². The molecule has 1 fully saturated rings. The Balaban J connectivity index is 2.80. The lowest BCUT2D eigenvalue weighted by Crippen LogP contribution is -2.69. The van der Waals surface area contributed by atoms with Gasteiger partial charge in [0.1, 0.15) is 0 Å². The number of hydrogen-bond donors (Lipinski definition) is 4. The second-order valence-corrected chi connectivity index (χ2v) is 5.09. The van der Waals surface area contributed by atoms with E-state index in [1.807, 2.05) is 0 Å². The summed E-state index contributed by atoms with van der Waals surface area (Å²) in [7, 11) is -1.59. The van der Waals surface area contributed by atoms with Crippen LogP contribution in [0.4, 0.5) is 4.79 Å². The number of urea groups is 1. The second kappa shape index (κ2) is 5.48. The maximum absolute atomic E-state index is 11.8. The molecule has 1 aliphatic rings. The Morgan fingerprint density at radius 3 is 2.88 bits per heavy atom. The number of amides is 3. The van der Waals surface area contributed by atoms with Crippen LogP contribution in [0.15, 0.2) is 0 Å². The van der Waals surface area contributed by atoms with Crippen molar-refractivity contribution in [2.75, 3.05) is 13.1 Å². The van der Waals surface area contributed by atoms with Crippen LogP contribution in [0.5, 0.6) is 0 Å². The SMILES string of the molecule is CCNC(=O)NC1CCN(N)C(=O)[C@@]1(N)[PH2]=O. The number of rotatable bonds is 3. The summed E-state index contributed by atoms with van der Waals surface area (Å²) in [5.41, 5.74) is 5.79. The smallest absolute Gasteiger partial charge is 0.315 e. The fourth-order valence-electron chi connectivity index (χ4n) is 1.70. The number of nitrogens with zero attached hydrogens (tertiary/aromatic N) is 1. The summed E-state index contributed by atoms with van der Waals surface area (Å²) in [6.45, 7) is 2.49. The average Bonchev–Trinajstić information content (AvgIpc) is 2.30. The van der Waals surface area contributed by atoms with E-state index < -0.39 is 31.7 Å². The minimum absolute atomic E-state index is 0.272. The molecule has 1 aliphatic heterocycles. The number of piperidine rings is 1. The highest BCUT2D eigenvalue weighted by atomic mass is 31.1. The van der Waals surface area contributed by atoms with E-state index in [2.05, 4.69) is 10.6 Å². The monoisotopic (exact) mass is 263 g/mol. The molecule has 0 aromatic heterocycles. The molecule has 0 aromatic rings. The largest absolute Gasteiger partial charge is 0.338 e. The van der Waals surface area contributed by atoms with Gasteiger partial charge in [-0.25, -0.2) is 10.6 Å². The van der Waals surface area contributed by atoms with Crippen LogP contribution in [-0.4, -0.2) is 41.4 Å². The van der Waals surface area contributed by atoms with Crippen LogP contribution in [0, 0.1) is 0 Å². The van der Waals surface area contributed by atoms with Crippen LogP contribution in [0.3, 0.4) is 0 Å². The molecule has 1 rings (SSSR count). The van der Waals surface area contributed by atoms with Gasteiger partial charge < -0.3 is 20.9 Å². The minimum Gasteiger partial charge on any atom is -0.338 e. The first-order chi connectivity index (χ1) is 7.95. The lowest BCUT2D eigenvalue weighted by molar-refractivity contribution is -0.137. The number of nitrogens with one attached hydrogen (secondary N) is 2. The Morgan fingerprint density at radius 2 is 2.35 bits per heavy atom. The summed E-state index contributed by atoms with van der Waals surface area (Å²) < 4.78 is 11.2. The van der Waals surface area contributed by atoms with Crippen molar-refractivity contribution in [3.8, 4) is 0 Å². The molecule has 98 valence electrons. The van der Waals surface area contributed by atoms with E-state index in [-0.39, 0.29) is 6.54 Å². The van der Waals surface area contributed by atoms with Crippen molar-refractivity contribution in [1.82, 2.24) is 15.6 Å². The zero-order valence-corrected chi connectivity index (χ0v) is 10.8. The maximum Gasteiger partial charge on any atom is 0.315 e. The Kier molecular flexibility index (Phi) is 4.50. The summed E-state index contributed by atoms with van der Waals surface area (Å²) in [6.07, 6.45) is 0.380. The van der Waals surface area contributed by atoms with Gasteiger partial charge in [-0.3, -0.25) is 9.80 Å². The molecule has 1 saturated heterocycles. The summed E-state index contributed by atoms with van der Waals surface area (Å²) >= 11 is 0. The van der Waals surface area contributed by atoms with Gasteiger partial charge in [-0.05, 0) is 13.3 Å². The lowest BCUT2D eigenvalue weighted by atomic mass is 9.99. The molecule has 2 unspecified atom stereocenters. The fraction of sp³-hybridized carbons (Fsp3) is 0.750. The first-order valence-electron chi connectivity index (χ1n) is 5.32. The molecule has 0 radical (unpaired) electrons. The van der Waals surface area contributed by atoms with E-state index in [1.54, 1.807) is 6.92 Å². The normalized spacial score (nSPS) is 29.7. The van der Waals surface area contributed by atoms with E-state index in [4.69, 9.17) is 11.6 Å². The first kappa shape index (κ1) is 14.0. The van der Waals surface area contributed by atoms with E-state index >= 15 is 0 Å². The average molecular weight is 263 g/mol. The predicted molar refractivity (Wildman–Crippen MR) is 63.8 cm³/mol. The summed E-state index contributed by atoms with van der Waals surface area (Å²) in [5.74, 6) is 4.83. The zero-order chi connectivity index (χ0) is 13.1. The van der Waals surface area contributed by atoms with Crippen molar-refractivity contribution in [2.45, 2.75) is 24.7 Å². The van der Waals surface area contributed by atoms with Crippen LogP contribution in [-0.2, 0) is 9.36 Å². The Labute approximate surface area is 100 Å². The van der Waals surface area contributed by atoms with Crippen LogP contribution in [0.2, 0.25) is 0 Å². The molecule has 3 amide bonds. The Morgan fingerprint density at radius 1 is 1.71 bits per heavy atom. The van der Waals surface area contributed by atoms with E-state index in [0.29, 0.717) is 13.0 Å². The van der Waals surface area contributed by atoms with Crippen LogP contribution < -0.4 is 22.2 Å². The van der Waals surface area contributed by atoms with Gasteiger partial charge in [0.25, 0.3) is 5.91 Å². The molecule has 1 heterocycles. The first-order valence-corrected chi connectivity index (χ1v) is 6.36. The molecule has 8 nitrogen and oxygen atoms in total. The molecule has 0 saturated carbocycles. The molecule has 9 heteroatoms. The van der Waals surface area contributed by atoms with Crippen molar-refractivity contribution in [1.29, 1.82) is 0 Å². The van der Waals surface area contributed by atoms with Crippen LogP contribution in [0.25, 0.3) is 0 Å². The summed E-state index contributed by atoms with van der Waals surface area (Å²) in [4.78, 5) is 23.1. The van der Waals surface area contributed by atoms with Crippen molar-refractivity contribution >= 4 is 20.4 Å². The predicted octanol–water partition coefficient (Wildman–Crippen LogP) is -1.81. The number of nitrogens with two attached hydrogens (primary N) is 2. The van der Waals surface area contributed by atoms with E-state index in [0.717, 1.165) is 5.01 Å². The van der Waals surface area contributed by atoms with Gasteiger partial charge in [-0.1, -0.05) is 0 Å². The minimum atomic E-state index is -1.59. The van der Waals surface area contributed by atoms with Crippen molar-refractivity contribution < 1.29 is 14.2 Å². The van der Waals surface area contributed by atoms with Crippen LogP contribution >= 0.6 is 8.46 Å². The lowest BCUT2D eigenvalue weighted by Gasteiger charge is -2.40. The van der Waals surface area contributed by atoms with Crippen molar-refractivity contribution in [2.24, 2.45) is 11.6 Å². The number of carbonyl (C=O) groups excluding carboxylic acids is 2. The van der Waals surface area contributed by atoms with Crippen molar-refractivity contribution in [3.05, 3.63) is 0 Å². The molecular weight excluding hydrogens is 245 g/mol. The quantitative estimate of drug-likeness (QED) is 0.271. The Hall–Kier alpha value is -1.11. The van der Waals surface area contributed by atoms with Crippen LogP contribution in [0.1, 0.15) is 13.3 Å². The molecule has 3 atom stereocenters. The standard InChI is InChI=1S/C8H18N5O3P/c1-2-11-7(15)12-5-3-4-13(10)6(14)8(5,9)17-16/h5H,2-4,9-10,17H2,1H3,(H2,11,12,15)/t5?,8-/m0/s1. The molecule has 6 N–H and O–H groups in total. The third-order valence-corrected chi connectivity index (χ3v) is 3.74. The Bertz CT molecular complexity index is 339. The van der Waals surface area contributed by atoms with E-state index in [1.165, 1.54) is 0 Å². The number of hydrazine groups is 1. The maximum atomic E-state index is 11.8. The second-order valence-electron chi connectivity index (χ2n) is 3.89. The zero-order valence-electron chi connectivity index (χ0n) is 9.60. The van der Waals surface area contributed by atoms with E-state index in [9.17, 15) is 14.2 Å². The fourth-order valence-corrected chi connectivity index (χ4v) is 2.38. The molecule has 0 bridgehead atoms. The molecule has 17 heavy (non-hydrogen) atoms. The van der Waals surface area contributed by atoms with Gasteiger partial charge in [0.05, 0.1) is 14.5 Å². The third-order valence-electron chi connectivity index (χ3n) is 2.70. The molecular formula is C8H18N5O3P. The number of carbonyl (C=O) groups is 2. The van der Waals surface area contributed by atoms with Gasteiger partial charge >= 0.3 is 6.03 Å². The molecule has 0 aromatic carbocycles. The molecule has 0 aliphatic carbocycles. The highest BCUT2D eigenvalue weighted by Crippen LogP contribution is 2.28. The summed E-state index contributed by atoms with van der Waals surface area (Å²) in [5, 5.41) is 4.44. The van der Waals surface area contributed by atoms with Gasteiger partial charge in [0.15, 0.2) is 5.28 Å². The van der Waals surface area contributed by atoms with Gasteiger partial charge in [-0.2, -0.15) is 0 Å². The topological polar surface area (TPSA) is 131 Å². The summed E-state index contributed by atoms with van der Waals surface area (Å²) in [6, 6.07) is -1.09. The van der Waals surface area contributed by atoms with Gasteiger partial charge in [0.2, 0.25) is 0 Å². The van der Waals surface area contributed by atoms with Gasteiger partial charge in [-0.15, -0.1) is 0 Å².